The summed E-state index contributed by atoms with van der Waals surface area (Å²) in [4.78, 5) is 28.0. The first-order chi connectivity index (χ1) is 12.2. The van der Waals surface area contributed by atoms with E-state index in [9.17, 15) is 22.8 Å². The largest absolute Gasteiger partial charge is 0.573 e. The molecule has 0 aliphatic carbocycles. The molecule has 1 atom stereocenters. The van der Waals surface area contributed by atoms with Crippen LogP contribution >= 0.6 is 11.3 Å². The minimum absolute atomic E-state index is 0.279. The number of hydrogen-bond donors (Lipinski definition) is 1. The molecule has 0 radical (unpaired) electrons. The van der Waals surface area contributed by atoms with Crippen molar-refractivity contribution in [3.8, 4) is 5.75 Å². The zero-order valence-electron chi connectivity index (χ0n) is 13.7. The Kier molecular flexibility index (Phi) is 4.90. The van der Waals surface area contributed by atoms with E-state index in [1.807, 2.05) is 13.0 Å². The monoisotopic (exact) mass is 384 g/mol. The Morgan fingerprint density at radius 1 is 1.23 bits per heavy atom. The normalized spacial score (nSPS) is 17.8. The number of aryl methyl sites for hydroxylation is 1. The van der Waals surface area contributed by atoms with Gasteiger partial charge in [0.15, 0.2) is 0 Å². The molecule has 26 heavy (non-hydrogen) atoms. The molecule has 0 bridgehead atoms. The maximum Gasteiger partial charge on any atom is 0.573 e. The van der Waals surface area contributed by atoms with Crippen LogP contribution in [0.3, 0.4) is 0 Å². The van der Waals surface area contributed by atoms with Gasteiger partial charge >= 0.3 is 6.36 Å². The van der Waals surface area contributed by atoms with Crippen LogP contribution in [0.2, 0.25) is 0 Å². The summed E-state index contributed by atoms with van der Waals surface area (Å²) in [6, 6.07) is 7.59. The summed E-state index contributed by atoms with van der Waals surface area (Å²) >= 11 is 1.33. The molecule has 1 aromatic heterocycles. The van der Waals surface area contributed by atoms with Crippen LogP contribution < -0.4 is 10.1 Å². The molecule has 0 unspecified atom stereocenters. The van der Waals surface area contributed by atoms with Gasteiger partial charge in [0.25, 0.3) is 5.91 Å². The molecule has 2 heterocycles. The number of piperazine rings is 1. The second kappa shape index (κ2) is 6.99. The van der Waals surface area contributed by atoms with Crippen LogP contribution in [0.5, 0.6) is 5.75 Å². The fourth-order valence-corrected chi connectivity index (χ4v) is 3.58. The van der Waals surface area contributed by atoms with Gasteiger partial charge in [-0.3, -0.25) is 9.59 Å². The number of amides is 2. The molecular formula is C17H15F3N2O3S. The van der Waals surface area contributed by atoms with Gasteiger partial charge in [0.05, 0.1) is 4.88 Å². The van der Waals surface area contributed by atoms with Gasteiger partial charge in [-0.15, -0.1) is 24.5 Å². The van der Waals surface area contributed by atoms with E-state index < -0.39 is 12.4 Å². The van der Waals surface area contributed by atoms with E-state index in [2.05, 4.69) is 10.1 Å². The number of nitrogens with zero attached hydrogens (tertiary/aromatic N) is 1. The highest BCUT2D eigenvalue weighted by molar-refractivity contribution is 7.13. The van der Waals surface area contributed by atoms with Gasteiger partial charge in [-0.2, -0.15) is 0 Å². The SMILES string of the molecule is Cc1ccc(C(=O)N2CCNC(=O)[C@@H]2c2ccc(OC(F)(F)F)cc2)s1. The van der Waals surface area contributed by atoms with E-state index in [-0.39, 0.29) is 17.6 Å². The van der Waals surface area contributed by atoms with E-state index in [0.717, 1.165) is 17.0 Å². The van der Waals surface area contributed by atoms with Crippen molar-refractivity contribution < 1.29 is 27.5 Å². The average molecular weight is 384 g/mol. The van der Waals surface area contributed by atoms with Crippen LogP contribution in [0.25, 0.3) is 0 Å². The standard InChI is InChI=1S/C17H15F3N2O3S/c1-10-2-7-13(26-10)16(24)22-9-8-21-15(23)14(22)11-3-5-12(6-4-11)25-17(18,19)20/h2-7,14H,8-9H2,1H3,(H,21,23)/t14-/m0/s1. The van der Waals surface area contributed by atoms with Crippen LogP contribution in [-0.4, -0.2) is 36.2 Å². The third-order valence-electron chi connectivity index (χ3n) is 3.85. The number of halogens is 3. The summed E-state index contributed by atoms with van der Waals surface area (Å²) in [5, 5.41) is 2.68. The van der Waals surface area contributed by atoms with Crippen LogP contribution in [0.1, 0.15) is 26.2 Å². The number of ether oxygens (including phenoxy) is 1. The van der Waals surface area contributed by atoms with E-state index in [0.29, 0.717) is 23.5 Å². The van der Waals surface area contributed by atoms with Crippen LogP contribution in [-0.2, 0) is 4.79 Å². The number of nitrogens with one attached hydrogen (secondary N) is 1. The second-order valence-corrected chi connectivity index (χ2v) is 7.01. The van der Waals surface area contributed by atoms with Gasteiger partial charge in [-0.05, 0) is 36.8 Å². The van der Waals surface area contributed by atoms with E-state index in [4.69, 9.17) is 0 Å². The fraction of sp³-hybridized carbons (Fsp3) is 0.294. The molecular weight excluding hydrogens is 369 g/mol. The fourth-order valence-electron chi connectivity index (χ4n) is 2.76. The molecule has 1 aliphatic heterocycles. The highest BCUT2D eigenvalue weighted by Gasteiger charge is 2.36. The molecule has 0 saturated carbocycles. The molecule has 1 aliphatic rings. The molecule has 138 valence electrons. The summed E-state index contributed by atoms with van der Waals surface area (Å²) in [6.45, 7) is 2.51. The molecule has 2 amide bonds. The average Bonchev–Trinajstić information content (AvgIpc) is 3.00. The predicted octanol–water partition coefficient (Wildman–Crippen LogP) is 3.27. The topological polar surface area (TPSA) is 58.6 Å². The van der Waals surface area contributed by atoms with Crippen molar-refractivity contribution in [1.29, 1.82) is 0 Å². The number of rotatable bonds is 3. The van der Waals surface area contributed by atoms with Crippen molar-refractivity contribution in [2.45, 2.75) is 19.3 Å². The first kappa shape index (κ1) is 18.2. The molecule has 3 rings (SSSR count). The number of carbonyl (C=O) groups is 2. The summed E-state index contributed by atoms with van der Waals surface area (Å²) in [6.07, 6.45) is -4.79. The molecule has 9 heteroatoms. The van der Waals surface area contributed by atoms with Crippen molar-refractivity contribution in [2.24, 2.45) is 0 Å². The molecule has 1 aromatic carbocycles. The lowest BCUT2D eigenvalue weighted by Crippen LogP contribution is -2.52. The summed E-state index contributed by atoms with van der Waals surface area (Å²) < 4.78 is 40.7. The third-order valence-corrected chi connectivity index (χ3v) is 4.84. The molecule has 1 N–H and O–H groups in total. The lowest BCUT2D eigenvalue weighted by atomic mass is 10.0. The molecule has 1 fully saturated rings. The van der Waals surface area contributed by atoms with E-state index in [1.54, 1.807) is 6.07 Å². The van der Waals surface area contributed by atoms with Crippen molar-refractivity contribution in [2.75, 3.05) is 13.1 Å². The molecule has 0 spiro atoms. The molecule has 2 aromatic rings. The molecule has 1 saturated heterocycles. The Morgan fingerprint density at radius 3 is 2.50 bits per heavy atom. The minimum Gasteiger partial charge on any atom is -0.406 e. The zero-order chi connectivity index (χ0) is 18.9. The van der Waals surface area contributed by atoms with E-state index in [1.165, 1.54) is 28.4 Å². The van der Waals surface area contributed by atoms with Gasteiger partial charge in [-0.1, -0.05) is 12.1 Å². The molecule has 5 nitrogen and oxygen atoms in total. The number of hydrogen-bond acceptors (Lipinski definition) is 4. The van der Waals surface area contributed by atoms with Gasteiger partial charge in [-0.25, -0.2) is 0 Å². The maximum absolute atomic E-state index is 12.8. The van der Waals surface area contributed by atoms with Gasteiger partial charge in [0, 0.05) is 18.0 Å². The Hall–Kier alpha value is -2.55. The van der Waals surface area contributed by atoms with Gasteiger partial charge < -0.3 is 15.0 Å². The first-order valence-electron chi connectivity index (χ1n) is 7.75. The van der Waals surface area contributed by atoms with Crippen LogP contribution in [0.15, 0.2) is 36.4 Å². The maximum atomic E-state index is 12.8. The smallest absolute Gasteiger partial charge is 0.406 e. The Morgan fingerprint density at radius 2 is 1.92 bits per heavy atom. The third kappa shape index (κ3) is 3.98. The number of thiophene rings is 1. The quantitative estimate of drug-likeness (QED) is 0.884. The Balaban J connectivity index is 1.87. The highest BCUT2D eigenvalue weighted by atomic mass is 32.1. The number of alkyl halides is 3. The second-order valence-electron chi connectivity index (χ2n) is 5.72. The lowest BCUT2D eigenvalue weighted by Gasteiger charge is -2.35. The van der Waals surface area contributed by atoms with Crippen molar-refractivity contribution in [1.82, 2.24) is 10.2 Å². The zero-order valence-corrected chi connectivity index (χ0v) is 14.5. The Bertz CT molecular complexity index is 817. The van der Waals surface area contributed by atoms with Crippen LogP contribution in [0, 0.1) is 6.92 Å². The minimum atomic E-state index is -4.79. The lowest BCUT2D eigenvalue weighted by molar-refractivity contribution is -0.274. The van der Waals surface area contributed by atoms with Gasteiger partial charge in [0.2, 0.25) is 5.91 Å². The van der Waals surface area contributed by atoms with Crippen molar-refractivity contribution >= 4 is 23.2 Å². The summed E-state index contributed by atoms with van der Waals surface area (Å²) in [5.41, 5.74) is 0.415. The number of carbonyl (C=O) groups excluding carboxylic acids is 2. The predicted molar refractivity (Wildman–Crippen MR) is 89.0 cm³/mol. The Labute approximate surface area is 151 Å². The summed E-state index contributed by atoms with van der Waals surface area (Å²) in [7, 11) is 0. The van der Waals surface area contributed by atoms with Crippen molar-refractivity contribution in [3.05, 3.63) is 51.7 Å². The van der Waals surface area contributed by atoms with Crippen LogP contribution in [0.4, 0.5) is 13.2 Å². The van der Waals surface area contributed by atoms with Crippen molar-refractivity contribution in [3.63, 3.8) is 0 Å². The van der Waals surface area contributed by atoms with Gasteiger partial charge in [0.1, 0.15) is 11.8 Å². The van der Waals surface area contributed by atoms with E-state index >= 15 is 0 Å². The summed E-state index contributed by atoms with van der Waals surface area (Å²) in [5.74, 6) is -1.04. The number of benzene rings is 1. The first-order valence-corrected chi connectivity index (χ1v) is 8.57. The highest BCUT2D eigenvalue weighted by Crippen LogP contribution is 2.30.